The highest BCUT2D eigenvalue weighted by molar-refractivity contribution is 5.81. The third-order valence-corrected chi connectivity index (χ3v) is 3.02. The van der Waals surface area contributed by atoms with Crippen LogP contribution < -0.4 is 5.32 Å². The number of alkyl carbamates (subject to hydrolysis) is 1. The average Bonchev–Trinajstić information content (AvgIpc) is 2.44. The number of carbonyl (C=O) groups excluding carboxylic acids is 2. The van der Waals surface area contributed by atoms with Gasteiger partial charge in [-0.25, -0.2) is 18.4 Å². The van der Waals surface area contributed by atoms with Crippen molar-refractivity contribution in [2.24, 2.45) is 0 Å². The smallest absolute Gasteiger partial charge is 0.408 e. The average molecular weight is 315 g/mol. The van der Waals surface area contributed by atoms with E-state index in [2.05, 4.69) is 10.1 Å². The molecule has 5 nitrogen and oxygen atoms in total. The summed E-state index contributed by atoms with van der Waals surface area (Å²) in [5.74, 6) is -2.26. The minimum Gasteiger partial charge on any atom is -0.467 e. The summed E-state index contributed by atoms with van der Waals surface area (Å²) in [4.78, 5) is 23.4. The zero-order chi connectivity index (χ0) is 16.7. The van der Waals surface area contributed by atoms with Crippen molar-refractivity contribution in [1.82, 2.24) is 5.32 Å². The Hall–Kier alpha value is -2.18. The molecule has 0 spiro atoms. The molecule has 0 radical (unpaired) electrons. The van der Waals surface area contributed by atoms with Crippen LogP contribution in [0.5, 0.6) is 0 Å². The second-order valence-corrected chi connectivity index (χ2v) is 4.83. The molecule has 0 bridgehead atoms. The molecule has 0 aromatic heterocycles. The van der Waals surface area contributed by atoms with E-state index in [1.807, 2.05) is 6.92 Å². The molecule has 1 N–H and O–H groups in total. The molecule has 122 valence electrons. The minimum absolute atomic E-state index is 0.114. The van der Waals surface area contributed by atoms with Gasteiger partial charge >= 0.3 is 12.1 Å². The van der Waals surface area contributed by atoms with Crippen molar-refractivity contribution in [3.05, 3.63) is 35.4 Å². The zero-order valence-electron chi connectivity index (χ0n) is 12.7. The van der Waals surface area contributed by atoms with Gasteiger partial charge < -0.3 is 14.8 Å². The van der Waals surface area contributed by atoms with Crippen LogP contribution in [0.3, 0.4) is 0 Å². The van der Waals surface area contributed by atoms with Crippen molar-refractivity contribution < 1.29 is 27.8 Å². The summed E-state index contributed by atoms with van der Waals surface area (Å²) in [6.45, 7) is 3.54. The molecule has 0 fully saturated rings. The third-order valence-electron chi connectivity index (χ3n) is 3.02. The number of amides is 1. The number of esters is 1. The summed E-state index contributed by atoms with van der Waals surface area (Å²) in [5, 5.41) is 2.34. The number of methoxy groups -OCH3 is 1. The maximum atomic E-state index is 13.2. The molecule has 0 saturated carbocycles. The minimum atomic E-state index is -1.09. The first-order chi connectivity index (χ1) is 10.3. The summed E-state index contributed by atoms with van der Waals surface area (Å²) >= 11 is 0. The van der Waals surface area contributed by atoms with E-state index in [0.29, 0.717) is 6.42 Å². The number of nitrogens with one attached hydrogen (secondary N) is 1. The molecule has 7 heteroatoms. The second kappa shape index (κ2) is 8.31. The molecule has 1 aromatic carbocycles. The van der Waals surface area contributed by atoms with Crippen LogP contribution in [0.1, 0.15) is 25.8 Å². The Labute approximate surface area is 127 Å². The number of ether oxygens (including phenoxy) is 2. The summed E-state index contributed by atoms with van der Waals surface area (Å²) in [6, 6.07) is 1.80. The van der Waals surface area contributed by atoms with Gasteiger partial charge in [0.2, 0.25) is 0 Å². The topological polar surface area (TPSA) is 64.6 Å². The highest BCUT2D eigenvalue weighted by Gasteiger charge is 2.23. The number of hydrogen-bond acceptors (Lipinski definition) is 4. The van der Waals surface area contributed by atoms with Gasteiger partial charge in [-0.1, -0.05) is 6.92 Å². The molecule has 2 atom stereocenters. The lowest BCUT2D eigenvalue weighted by Gasteiger charge is -2.18. The van der Waals surface area contributed by atoms with Gasteiger partial charge in [-0.15, -0.1) is 0 Å². The van der Waals surface area contributed by atoms with E-state index in [1.165, 1.54) is 0 Å². The predicted octanol–water partition coefficient (Wildman–Crippen LogP) is 2.57. The molecule has 1 rings (SSSR count). The Bertz CT molecular complexity index is 516. The van der Waals surface area contributed by atoms with Crippen LogP contribution in [0.15, 0.2) is 18.2 Å². The van der Waals surface area contributed by atoms with Crippen LogP contribution in [-0.2, 0) is 20.7 Å². The van der Waals surface area contributed by atoms with Crippen LogP contribution in [0, 0.1) is 11.6 Å². The molecular formula is C15H19F2NO4. The number of carbonyl (C=O) groups is 2. The highest BCUT2D eigenvalue weighted by Crippen LogP contribution is 2.11. The predicted molar refractivity (Wildman–Crippen MR) is 75.2 cm³/mol. The monoisotopic (exact) mass is 315 g/mol. The number of halogens is 2. The van der Waals surface area contributed by atoms with Crippen molar-refractivity contribution >= 4 is 12.1 Å². The van der Waals surface area contributed by atoms with E-state index in [-0.39, 0.29) is 18.1 Å². The van der Waals surface area contributed by atoms with Crippen molar-refractivity contribution in [3.63, 3.8) is 0 Å². The van der Waals surface area contributed by atoms with Crippen LogP contribution >= 0.6 is 0 Å². The lowest BCUT2D eigenvalue weighted by Crippen LogP contribution is -2.44. The number of rotatable bonds is 6. The molecular weight excluding hydrogens is 296 g/mol. The van der Waals surface area contributed by atoms with Gasteiger partial charge in [-0.2, -0.15) is 0 Å². The molecule has 0 aliphatic carbocycles. The van der Waals surface area contributed by atoms with Gasteiger partial charge in [-0.05, 0) is 31.0 Å². The zero-order valence-corrected chi connectivity index (χ0v) is 12.7. The molecule has 0 saturated heterocycles. The first kappa shape index (κ1) is 17.9. The van der Waals surface area contributed by atoms with Crippen molar-refractivity contribution in [3.8, 4) is 0 Å². The van der Waals surface area contributed by atoms with Crippen molar-refractivity contribution in [2.45, 2.75) is 38.8 Å². The van der Waals surface area contributed by atoms with Crippen LogP contribution in [0.25, 0.3) is 0 Å². The Morgan fingerprint density at radius 2 is 1.82 bits per heavy atom. The fourth-order valence-corrected chi connectivity index (χ4v) is 1.74. The first-order valence-electron chi connectivity index (χ1n) is 6.85. The van der Waals surface area contributed by atoms with Gasteiger partial charge in [-0.3, -0.25) is 0 Å². The standard InChI is InChI=1S/C15H19F2NO4/c1-4-9(2)22-15(20)18-13(14(19)21-3)7-10-5-11(16)8-12(17)6-10/h5-6,8-9,13H,4,7H2,1-3H3,(H,18,20)/t9?,13-/m0/s1. The molecule has 0 heterocycles. The summed E-state index contributed by atoms with van der Waals surface area (Å²) in [7, 11) is 1.16. The first-order valence-corrected chi connectivity index (χ1v) is 6.85. The van der Waals surface area contributed by atoms with E-state index >= 15 is 0 Å². The maximum absolute atomic E-state index is 13.2. The van der Waals surface area contributed by atoms with E-state index < -0.39 is 29.7 Å². The molecule has 1 aromatic rings. The normalized spacial score (nSPS) is 13.1. The summed E-state index contributed by atoms with van der Waals surface area (Å²) in [5.41, 5.74) is 0.219. The molecule has 1 unspecified atom stereocenters. The largest absolute Gasteiger partial charge is 0.467 e. The quantitative estimate of drug-likeness (QED) is 0.820. The van der Waals surface area contributed by atoms with Gasteiger partial charge in [0.05, 0.1) is 7.11 Å². The molecule has 0 aliphatic heterocycles. The Balaban J connectivity index is 2.80. The molecule has 0 aliphatic rings. The Morgan fingerprint density at radius 3 is 2.32 bits per heavy atom. The highest BCUT2D eigenvalue weighted by atomic mass is 19.1. The SMILES string of the molecule is CCC(C)OC(=O)N[C@@H](Cc1cc(F)cc(F)c1)C(=O)OC. The third kappa shape index (κ3) is 5.67. The van der Waals surface area contributed by atoms with Gasteiger partial charge in [0.1, 0.15) is 23.8 Å². The number of benzene rings is 1. The summed E-state index contributed by atoms with van der Waals surface area (Å²) in [6.07, 6.45) is -0.603. The molecule has 1 amide bonds. The fraction of sp³-hybridized carbons (Fsp3) is 0.467. The van der Waals surface area contributed by atoms with Gasteiger partial charge in [0, 0.05) is 12.5 Å². The van der Waals surface area contributed by atoms with Gasteiger partial charge in [0.25, 0.3) is 0 Å². The maximum Gasteiger partial charge on any atom is 0.408 e. The second-order valence-electron chi connectivity index (χ2n) is 4.83. The lowest BCUT2D eigenvalue weighted by molar-refractivity contribution is -0.143. The van der Waals surface area contributed by atoms with E-state index in [4.69, 9.17) is 4.74 Å². The van der Waals surface area contributed by atoms with E-state index in [0.717, 1.165) is 25.3 Å². The number of hydrogen-bond donors (Lipinski definition) is 1. The lowest BCUT2D eigenvalue weighted by atomic mass is 10.1. The van der Waals surface area contributed by atoms with Crippen LogP contribution in [0.4, 0.5) is 13.6 Å². The van der Waals surface area contributed by atoms with Crippen molar-refractivity contribution in [1.29, 1.82) is 0 Å². The fourth-order valence-electron chi connectivity index (χ4n) is 1.74. The van der Waals surface area contributed by atoms with Gasteiger partial charge in [0.15, 0.2) is 0 Å². The van der Waals surface area contributed by atoms with Crippen molar-refractivity contribution in [2.75, 3.05) is 7.11 Å². The van der Waals surface area contributed by atoms with E-state index in [9.17, 15) is 18.4 Å². The van der Waals surface area contributed by atoms with E-state index in [1.54, 1.807) is 6.92 Å². The Morgan fingerprint density at radius 1 is 1.23 bits per heavy atom. The van der Waals surface area contributed by atoms with Crippen LogP contribution in [0.2, 0.25) is 0 Å². The summed E-state index contributed by atoms with van der Waals surface area (Å²) < 4.78 is 35.9. The Kier molecular flexibility index (Phi) is 6.75. The van der Waals surface area contributed by atoms with Crippen LogP contribution in [-0.4, -0.2) is 31.3 Å². The molecule has 22 heavy (non-hydrogen) atoms.